The van der Waals surface area contributed by atoms with Gasteiger partial charge in [0, 0.05) is 77.3 Å². The van der Waals surface area contributed by atoms with Crippen LogP contribution in [0.25, 0.3) is 0 Å². The fourth-order valence-corrected chi connectivity index (χ4v) is 5.67. The van der Waals surface area contributed by atoms with Crippen LogP contribution < -0.4 is 9.80 Å². The second-order valence-electron chi connectivity index (χ2n) is 10.4. The smallest absolute Gasteiger partial charge is 0.270 e. The summed E-state index contributed by atoms with van der Waals surface area (Å²) >= 11 is 0. The SMILES string of the molecule is Cc1c(CN2CCN(c3ccccc3C#N)CC2)cc(C(=O)N2CCCN(c3cccc(C#N)c3)CC2)n1C. The predicted octanol–water partition coefficient (Wildman–Crippen LogP) is 3.75. The lowest BCUT2D eigenvalue weighted by molar-refractivity contribution is 0.0757. The molecule has 8 nitrogen and oxygen atoms in total. The maximum Gasteiger partial charge on any atom is 0.270 e. The lowest BCUT2D eigenvalue weighted by atomic mass is 10.1. The topological polar surface area (TPSA) is 82.5 Å². The van der Waals surface area contributed by atoms with Gasteiger partial charge < -0.3 is 19.3 Å². The van der Waals surface area contributed by atoms with E-state index in [1.807, 2.05) is 65.0 Å². The summed E-state index contributed by atoms with van der Waals surface area (Å²) in [5.41, 5.74) is 6.49. The Kier molecular flexibility index (Phi) is 7.86. The summed E-state index contributed by atoms with van der Waals surface area (Å²) in [5, 5.41) is 18.7. The van der Waals surface area contributed by atoms with Crippen LogP contribution in [0.1, 0.15) is 39.3 Å². The molecular weight excluding hydrogens is 486 g/mol. The molecule has 39 heavy (non-hydrogen) atoms. The molecule has 0 atom stereocenters. The van der Waals surface area contributed by atoms with Gasteiger partial charge in [0.25, 0.3) is 5.91 Å². The lowest BCUT2D eigenvalue weighted by Gasteiger charge is -2.36. The van der Waals surface area contributed by atoms with Crippen LogP contribution in [0.15, 0.2) is 54.6 Å². The average Bonchev–Trinajstić information content (AvgIpc) is 3.14. The molecule has 3 aromatic rings. The number of amides is 1. The summed E-state index contributed by atoms with van der Waals surface area (Å²) in [6.45, 7) is 9.45. The molecule has 2 fully saturated rings. The molecule has 0 unspecified atom stereocenters. The third-order valence-corrected chi connectivity index (χ3v) is 8.11. The summed E-state index contributed by atoms with van der Waals surface area (Å²) < 4.78 is 2.04. The van der Waals surface area contributed by atoms with Crippen LogP contribution in [-0.2, 0) is 13.6 Å². The third kappa shape index (κ3) is 5.62. The fraction of sp³-hybridized carbons (Fsp3) is 0.387. The molecule has 3 heterocycles. The van der Waals surface area contributed by atoms with E-state index in [-0.39, 0.29) is 5.91 Å². The Morgan fingerprint density at radius 3 is 2.38 bits per heavy atom. The van der Waals surface area contributed by atoms with Gasteiger partial charge in [0.2, 0.25) is 0 Å². The standard InChI is InChI=1S/C31H35N7O/c1-24-27(23-35-13-15-37(16-14-35)29-10-4-3-8-26(29)22-33)20-30(34(24)2)31(39)38-12-6-11-36(17-18-38)28-9-5-7-25(19-28)21-32/h3-5,7-10,19-20H,6,11-18,23H2,1-2H3. The highest BCUT2D eigenvalue weighted by molar-refractivity contribution is 5.93. The van der Waals surface area contributed by atoms with Crippen LogP contribution in [-0.4, -0.2) is 72.6 Å². The van der Waals surface area contributed by atoms with E-state index in [1.165, 1.54) is 5.56 Å². The quantitative estimate of drug-likeness (QED) is 0.509. The van der Waals surface area contributed by atoms with Crippen LogP contribution in [0, 0.1) is 29.6 Å². The van der Waals surface area contributed by atoms with Gasteiger partial charge >= 0.3 is 0 Å². The second-order valence-corrected chi connectivity index (χ2v) is 10.4. The molecule has 0 aliphatic carbocycles. The fourth-order valence-electron chi connectivity index (χ4n) is 5.67. The van der Waals surface area contributed by atoms with E-state index in [1.54, 1.807) is 0 Å². The van der Waals surface area contributed by atoms with Gasteiger partial charge in [-0.25, -0.2) is 0 Å². The number of hydrogen-bond donors (Lipinski definition) is 0. The highest BCUT2D eigenvalue weighted by atomic mass is 16.2. The van der Waals surface area contributed by atoms with Gasteiger partial charge in [-0.05, 0) is 55.3 Å². The third-order valence-electron chi connectivity index (χ3n) is 8.11. The van der Waals surface area contributed by atoms with Crippen LogP contribution in [0.4, 0.5) is 11.4 Å². The van der Waals surface area contributed by atoms with E-state index in [2.05, 4.69) is 39.8 Å². The summed E-state index contributed by atoms with van der Waals surface area (Å²) in [7, 11) is 1.99. The lowest BCUT2D eigenvalue weighted by Crippen LogP contribution is -2.46. The largest absolute Gasteiger partial charge is 0.370 e. The maximum absolute atomic E-state index is 13.6. The molecular formula is C31H35N7O. The number of carbonyl (C=O) groups excluding carboxylic acids is 1. The highest BCUT2D eigenvalue weighted by Crippen LogP contribution is 2.24. The minimum atomic E-state index is 0.0809. The van der Waals surface area contributed by atoms with Crippen molar-refractivity contribution in [3.63, 3.8) is 0 Å². The van der Waals surface area contributed by atoms with Crippen molar-refractivity contribution in [3.8, 4) is 12.1 Å². The van der Waals surface area contributed by atoms with Crippen molar-refractivity contribution in [2.24, 2.45) is 7.05 Å². The summed E-state index contributed by atoms with van der Waals surface area (Å²) in [4.78, 5) is 22.6. The van der Waals surface area contributed by atoms with Crippen molar-refractivity contribution >= 4 is 17.3 Å². The molecule has 1 amide bonds. The highest BCUT2D eigenvalue weighted by Gasteiger charge is 2.26. The van der Waals surface area contributed by atoms with Crippen LogP contribution in [0.2, 0.25) is 0 Å². The Bertz CT molecular complexity index is 1420. The Hall–Kier alpha value is -4.27. The number of benzene rings is 2. The number of nitriles is 2. The molecule has 2 saturated heterocycles. The van der Waals surface area contributed by atoms with E-state index in [4.69, 9.17) is 0 Å². The molecule has 0 saturated carbocycles. The Labute approximate surface area is 230 Å². The van der Waals surface area contributed by atoms with Gasteiger partial charge in [-0.2, -0.15) is 10.5 Å². The van der Waals surface area contributed by atoms with Gasteiger partial charge in [0.15, 0.2) is 0 Å². The van der Waals surface area contributed by atoms with Crippen molar-refractivity contribution in [3.05, 3.63) is 82.7 Å². The zero-order chi connectivity index (χ0) is 27.4. The molecule has 200 valence electrons. The van der Waals surface area contributed by atoms with Gasteiger partial charge in [0.05, 0.1) is 22.9 Å². The Morgan fingerprint density at radius 2 is 1.62 bits per heavy atom. The number of rotatable bonds is 5. The summed E-state index contributed by atoms with van der Waals surface area (Å²) in [6, 6.07) is 22.1. The van der Waals surface area contributed by atoms with E-state index in [0.717, 1.165) is 87.1 Å². The monoisotopic (exact) mass is 521 g/mol. The molecule has 0 N–H and O–H groups in total. The first kappa shape index (κ1) is 26.3. The molecule has 2 aliphatic heterocycles. The molecule has 8 heteroatoms. The van der Waals surface area contributed by atoms with E-state index in [9.17, 15) is 15.3 Å². The zero-order valence-corrected chi connectivity index (χ0v) is 22.8. The Balaban J connectivity index is 1.21. The van der Waals surface area contributed by atoms with Gasteiger partial charge in [-0.3, -0.25) is 9.69 Å². The first-order chi connectivity index (χ1) is 19.0. The zero-order valence-electron chi connectivity index (χ0n) is 22.8. The molecule has 0 spiro atoms. The summed E-state index contributed by atoms with van der Waals surface area (Å²) in [6.07, 6.45) is 0.887. The van der Waals surface area contributed by atoms with Crippen LogP contribution >= 0.6 is 0 Å². The van der Waals surface area contributed by atoms with Crippen molar-refractivity contribution < 1.29 is 4.79 Å². The molecule has 2 aromatic carbocycles. The molecule has 0 radical (unpaired) electrons. The normalized spacial score (nSPS) is 16.5. The molecule has 0 bridgehead atoms. The molecule has 1 aromatic heterocycles. The maximum atomic E-state index is 13.6. The van der Waals surface area contributed by atoms with E-state index < -0.39 is 0 Å². The minimum absolute atomic E-state index is 0.0809. The van der Waals surface area contributed by atoms with Gasteiger partial charge in [-0.1, -0.05) is 18.2 Å². The second kappa shape index (κ2) is 11.6. The van der Waals surface area contributed by atoms with E-state index in [0.29, 0.717) is 12.1 Å². The average molecular weight is 522 g/mol. The number of carbonyl (C=O) groups is 1. The van der Waals surface area contributed by atoms with Gasteiger partial charge in [0.1, 0.15) is 11.8 Å². The summed E-state index contributed by atoms with van der Waals surface area (Å²) in [5.74, 6) is 0.0809. The Morgan fingerprint density at radius 1 is 0.846 bits per heavy atom. The first-order valence-corrected chi connectivity index (χ1v) is 13.6. The van der Waals surface area contributed by atoms with Crippen LogP contribution in [0.5, 0.6) is 0 Å². The number of aromatic nitrogens is 1. The van der Waals surface area contributed by atoms with E-state index >= 15 is 0 Å². The van der Waals surface area contributed by atoms with Gasteiger partial charge in [-0.15, -0.1) is 0 Å². The number of nitrogens with zero attached hydrogens (tertiary/aromatic N) is 7. The van der Waals surface area contributed by atoms with Crippen molar-refractivity contribution in [2.75, 3.05) is 62.2 Å². The molecule has 5 rings (SSSR count). The number of anilines is 2. The van der Waals surface area contributed by atoms with Crippen molar-refractivity contribution in [1.29, 1.82) is 10.5 Å². The molecule has 2 aliphatic rings. The number of para-hydroxylation sites is 1. The minimum Gasteiger partial charge on any atom is -0.370 e. The van der Waals surface area contributed by atoms with Crippen LogP contribution in [0.3, 0.4) is 0 Å². The number of piperazine rings is 1. The van der Waals surface area contributed by atoms with Crippen molar-refractivity contribution in [1.82, 2.24) is 14.4 Å². The first-order valence-electron chi connectivity index (χ1n) is 13.6. The predicted molar refractivity (Wildman–Crippen MR) is 153 cm³/mol. The van der Waals surface area contributed by atoms with Crippen molar-refractivity contribution in [2.45, 2.75) is 19.9 Å². The number of hydrogen-bond acceptors (Lipinski definition) is 6.